The smallest absolute Gasteiger partial charge is 0.310 e. The highest BCUT2D eigenvalue weighted by Gasteiger charge is 2.70. The maximum atomic E-state index is 13.1. The molecule has 5 aliphatic carbocycles. The summed E-state index contributed by atoms with van der Waals surface area (Å²) in [4.78, 5) is 13.1. The van der Waals surface area contributed by atoms with Crippen molar-refractivity contribution in [2.45, 2.75) is 205 Å². The molecule has 17 nitrogen and oxygen atoms in total. The molecule has 0 aromatic heterocycles. The van der Waals surface area contributed by atoms with Crippen LogP contribution in [0.4, 0.5) is 0 Å². The molecule has 0 amide bonds. The average molecular weight is 913 g/mol. The summed E-state index contributed by atoms with van der Waals surface area (Å²) < 4.78 is 36.1. The third-order valence-corrected chi connectivity index (χ3v) is 19.1. The van der Waals surface area contributed by atoms with Crippen molar-refractivity contribution in [3.63, 3.8) is 0 Å². The van der Waals surface area contributed by atoms with Crippen LogP contribution in [0.15, 0.2) is 11.6 Å². The number of hydrogen-bond acceptors (Lipinski definition) is 16. The molecule has 366 valence electrons. The topological polar surface area (TPSA) is 275 Å². The van der Waals surface area contributed by atoms with Gasteiger partial charge in [0.2, 0.25) is 0 Å². The molecule has 0 unspecified atom stereocenters. The quantitative estimate of drug-likeness (QED) is 0.116. The average Bonchev–Trinajstić information content (AvgIpc) is 3.24. The lowest BCUT2D eigenvalue weighted by Crippen LogP contribution is -2.67. The first kappa shape index (κ1) is 49.0. The van der Waals surface area contributed by atoms with E-state index < -0.39 is 116 Å². The van der Waals surface area contributed by atoms with Crippen LogP contribution in [0.25, 0.3) is 0 Å². The molecule has 3 heterocycles. The summed E-state index contributed by atoms with van der Waals surface area (Å²) in [7, 11) is 0. The van der Waals surface area contributed by atoms with Crippen LogP contribution in [-0.4, -0.2) is 169 Å². The van der Waals surface area contributed by atoms with E-state index in [9.17, 15) is 55.9 Å². The van der Waals surface area contributed by atoms with Gasteiger partial charge >= 0.3 is 5.97 Å². The predicted octanol–water partition coefficient (Wildman–Crippen LogP) is 1.35. The van der Waals surface area contributed by atoms with E-state index >= 15 is 0 Å². The van der Waals surface area contributed by atoms with Crippen LogP contribution < -0.4 is 0 Å². The van der Waals surface area contributed by atoms with Gasteiger partial charge in [-0.1, -0.05) is 53.2 Å². The van der Waals surface area contributed by atoms with Crippen molar-refractivity contribution >= 4 is 5.97 Å². The fraction of sp³-hybridized carbons (Fsp3) is 0.936. The van der Waals surface area contributed by atoms with E-state index in [4.69, 9.17) is 28.4 Å². The lowest BCUT2D eigenvalue weighted by molar-refractivity contribution is -0.383. The summed E-state index contributed by atoms with van der Waals surface area (Å²) in [6.07, 6.45) is -11.9. The second-order valence-corrected chi connectivity index (χ2v) is 22.9. The fourth-order valence-electron chi connectivity index (χ4n) is 14.8. The van der Waals surface area contributed by atoms with Crippen LogP contribution in [0.3, 0.4) is 0 Å². The van der Waals surface area contributed by atoms with Crippen molar-refractivity contribution in [2.75, 3.05) is 19.8 Å². The van der Waals surface area contributed by atoms with Crippen LogP contribution in [0.2, 0.25) is 0 Å². The van der Waals surface area contributed by atoms with Crippen molar-refractivity contribution in [3.05, 3.63) is 11.6 Å². The van der Waals surface area contributed by atoms with E-state index in [-0.39, 0.29) is 52.6 Å². The summed E-state index contributed by atoms with van der Waals surface area (Å²) in [6, 6.07) is 0. The molecule has 0 radical (unpaired) electrons. The van der Waals surface area contributed by atoms with Gasteiger partial charge in [0.25, 0.3) is 0 Å². The molecule has 10 N–H and O–H groups in total. The summed E-state index contributed by atoms with van der Waals surface area (Å²) in [5.41, 5.74) is -0.609. The molecule has 0 aromatic carbocycles. The van der Waals surface area contributed by atoms with Gasteiger partial charge in [0, 0.05) is 5.41 Å². The van der Waals surface area contributed by atoms with Gasteiger partial charge in [-0.2, -0.15) is 0 Å². The fourth-order valence-corrected chi connectivity index (χ4v) is 14.8. The standard InChI is InChI=1S/C47H76O17/c1-22-30(51)36(63-38-34(55)33(54)32(53)26(19-48)61-38)35(56)39(60-22)64-37-31(52)25(50)20-59-40(37)62-29-11-12-43(4)27(44(29,5)21-49)10-13-46(7)28(43)9-8-23-24-18-42(2,3)14-16-47(24,41(57)58)17-15-45(23,46)6/h8,22,24-40,48-56H,9-21H2,1-7H3,(H,57,58)/t22-,24+,25-,26+,27+,28+,29-,30-,31-,32+,33-,34+,35+,36+,37+,38-,39-,40-,43+,44-,45+,46+,47-/m0/s1. The first-order valence-corrected chi connectivity index (χ1v) is 23.7. The molecule has 0 aromatic rings. The van der Waals surface area contributed by atoms with E-state index in [0.717, 1.165) is 44.9 Å². The van der Waals surface area contributed by atoms with Crippen LogP contribution in [0, 0.1) is 50.2 Å². The second-order valence-electron chi connectivity index (χ2n) is 22.9. The lowest BCUT2D eigenvalue weighted by Gasteiger charge is -2.71. The van der Waals surface area contributed by atoms with E-state index in [2.05, 4.69) is 40.7 Å². The zero-order chi connectivity index (χ0) is 46.7. The van der Waals surface area contributed by atoms with Gasteiger partial charge in [-0.3, -0.25) is 4.79 Å². The van der Waals surface area contributed by atoms with E-state index in [1.165, 1.54) is 12.5 Å². The number of carboxylic acid groups (broad SMARTS) is 1. The Labute approximate surface area is 376 Å². The molecule has 7 fully saturated rings. The van der Waals surface area contributed by atoms with Crippen LogP contribution >= 0.6 is 0 Å². The highest BCUT2D eigenvalue weighted by Crippen LogP contribution is 2.76. The number of carbonyl (C=O) groups is 1. The van der Waals surface area contributed by atoms with Crippen LogP contribution in [0.1, 0.15) is 113 Å². The Bertz CT molecular complexity index is 1750. The van der Waals surface area contributed by atoms with Gasteiger partial charge < -0.3 is 79.5 Å². The third-order valence-electron chi connectivity index (χ3n) is 19.1. The van der Waals surface area contributed by atoms with Crippen molar-refractivity contribution in [1.82, 2.24) is 0 Å². The summed E-state index contributed by atoms with van der Waals surface area (Å²) >= 11 is 0. The van der Waals surface area contributed by atoms with Gasteiger partial charge in [-0.25, -0.2) is 0 Å². The van der Waals surface area contributed by atoms with E-state index in [1.54, 1.807) is 0 Å². The molecule has 8 rings (SSSR count). The highest BCUT2D eigenvalue weighted by molar-refractivity contribution is 5.76. The molecule has 4 saturated carbocycles. The Hall–Kier alpha value is -1.39. The van der Waals surface area contributed by atoms with Crippen molar-refractivity contribution < 1.29 is 84.3 Å². The largest absolute Gasteiger partial charge is 0.481 e. The summed E-state index contributed by atoms with van der Waals surface area (Å²) in [5.74, 6) is -0.391. The number of aliphatic carboxylic acids is 1. The number of aliphatic hydroxyl groups excluding tert-OH is 9. The van der Waals surface area contributed by atoms with E-state index in [1.807, 2.05) is 6.92 Å². The highest BCUT2D eigenvalue weighted by atomic mass is 16.8. The minimum absolute atomic E-state index is 0.00330. The first-order chi connectivity index (χ1) is 29.9. The van der Waals surface area contributed by atoms with Crippen molar-refractivity contribution in [2.24, 2.45) is 50.2 Å². The normalized spacial score (nSPS) is 55.0. The molecule has 0 spiro atoms. The number of fused-ring (bicyclic) bond motifs is 7. The van der Waals surface area contributed by atoms with Gasteiger partial charge in [0.15, 0.2) is 18.9 Å². The molecule has 3 saturated heterocycles. The molecule has 64 heavy (non-hydrogen) atoms. The number of rotatable bonds is 9. The van der Waals surface area contributed by atoms with Gasteiger partial charge in [-0.05, 0) is 111 Å². The Balaban J connectivity index is 1.01. The first-order valence-electron chi connectivity index (χ1n) is 23.7. The zero-order valence-corrected chi connectivity index (χ0v) is 38.5. The summed E-state index contributed by atoms with van der Waals surface area (Å²) in [5, 5.41) is 108. The lowest BCUT2D eigenvalue weighted by atomic mass is 9.33. The molecular weight excluding hydrogens is 837 g/mol. The minimum Gasteiger partial charge on any atom is -0.481 e. The van der Waals surface area contributed by atoms with E-state index in [0.29, 0.717) is 19.3 Å². The van der Waals surface area contributed by atoms with Gasteiger partial charge in [-0.15, -0.1) is 0 Å². The maximum Gasteiger partial charge on any atom is 0.310 e. The van der Waals surface area contributed by atoms with Crippen molar-refractivity contribution in [1.29, 1.82) is 0 Å². The molecule has 8 aliphatic rings. The van der Waals surface area contributed by atoms with Gasteiger partial charge in [0.05, 0.1) is 37.4 Å². The van der Waals surface area contributed by atoms with Crippen molar-refractivity contribution in [3.8, 4) is 0 Å². The number of allylic oxidation sites excluding steroid dienone is 2. The monoisotopic (exact) mass is 913 g/mol. The second kappa shape index (κ2) is 17.2. The summed E-state index contributed by atoms with van der Waals surface area (Å²) in [6.45, 7) is 14.1. The number of hydrogen-bond donors (Lipinski definition) is 10. The minimum atomic E-state index is -1.82. The van der Waals surface area contributed by atoms with Crippen LogP contribution in [0.5, 0.6) is 0 Å². The number of ether oxygens (including phenoxy) is 6. The SMILES string of the molecule is C[C@@H]1O[C@@H](O[C@H]2[C@H](O[C@H]3CC[C@]4(C)[C@@H](CC[C@]5(C)[C@@H]4CC=C4[C@H]6CC(C)(C)CC[C@]6(C(=O)O)CC[C@]45C)[C@]3(C)CO)OC[C@H](O)[C@@H]2O)[C@H](O)[C@H](O[C@@H]2O[C@H](CO)[C@@H](O)[C@H](O)[C@H]2O)[C@H]1O. The zero-order valence-electron chi connectivity index (χ0n) is 38.5. The molecule has 3 aliphatic heterocycles. The number of carboxylic acids is 1. The predicted molar refractivity (Wildman–Crippen MR) is 225 cm³/mol. The Morgan fingerprint density at radius 2 is 1.39 bits per heavy atom. The van der Waals surface area contributed by atoms with Gasteiger partial charge in [0.1, 0.15) is 61.0 Å². The molecule has 0 bridgehead atoms. The Morgan fingerprint density at radius 3 is 2.06 bits per heavy atom. The maximum absolute atomic E-state index is 13.1. The Kier molecular flexibility index (Phi) is 13.2. The Morgan fingerprint density at radius 1 is 0.719 bits per heavy atom. The molecular formula is C47H76O17. The molecule has 23 atom stereocenters. The number of aliphatic hydroxyl groups is 9. The third kappa shape index (κ3) is 7.49. The molecule has 17 heteroatoms. The van der Waals surface area contributed by atoms with Crippen LogP contribution in [-0.2, 0) is 33.2 Å².